The summed E-state index contributed by atoms with van der Waals surface area (Å²) < 4.78 is 4.67. The smallest absolute Gasteiger partial charge is 0.147 e. The summed E-state index contributed by atoms with van der Waals surface area (Å²) in [6.45, 7) is 11.5. The van der Waals surface area contributed by atoms with Gasteiger partial charge in [0.25, 0.3) is 0 Å². The number of rotatable bonds is 7. The molecule has 0 radical (unpaired) electrons. The summed E-state index contributed by atoms with van der Waals surface area (Å²) >= 11 is 0. The van der Waals surface area contributed by atoms with Crippen molar-refractivity contribution < 1.29 is 0 Å². The number of aromatic amines is 1. The van der Waals surface area contributed by atoms with Gasteiger partial charge in [0.2, 0.25) is 0 Å². The molecule has 0 unspecified atom stereocenters. The van der Waals surface area contributed by atoms with Crippen LogP contribution in [0.2, 0.25) is 0 Å². The first-order valence-corrected chi connectivity index (χ1v) is 21.1. The number of pyridine rings is 1. The van der Waals surface area contributed by atoms with Crippen LogP contribution in [0.1, 0.15) is 56.2 Å². The molecule has 1 N–H and O–H groups in total. The van der Waals surface area contributed by atoms with Crippen molar-refractivity contribution in [2.24, 2.45) is 0 Å². The van der Waals surface area contributed by atoms with E-state index in [0.717, 1.165) is 61.6 Å². The lowest BCUT2D eigenvalue weighted by atomic mass is 9.84. The van der Waals surface area contributed by atoms with Crippen molar-refractivity contribution in [2.75, 3.05) is 0 Å². The molecular weight excluding hydrogens is 731 g/mol. The summed E-state index contributed by atoms with van der Waals surface area (Å²) in [5.41, 5.74) is 17.4. The maximum absolute atomic E-state index is 5.59. The fourth-order valence-electron chi connectivity index (χ4n) is 9.68. The molecule has 4 heterocycles. The van der Waals surface area contributed by atoms with Crippen molar-refractivity contribution in [3.63, 3.8) is 0 Å². The Balaban J connectivity index is 1.17. The Hall–Kier alpha value is -7.24. The van der Waals surface area contributed by atoms with Crippen LogP contribution in [0.3, 0.4) is 0 Å². The highest BCUT2D eigenvalue weighted by atomic mass is 15.1. The quantitative estimate of drug-likeness (QED) is 0.175. The summed E-state index contributed by atoms with van der Waals surface area (Å²) in [5, 5.41) is 4.83. The molecule has 60 heavy (non-hydrogen) atoms. The van der Waals surface area contributed by atoms with E-state index >= 15 is 0 Å². The molecule has 0 spiro atoms. The molecule has 0 amide bonds. The zero-order valence-electron chi connectivity index (χ0n) is 34.5. The van der Waals surface area contributed by atoms with Gasteiger partial charge < -0.3 is 4.98 Å². The van der Waals surface area contributed by atoms with E-state index in [-0.39, 0.29) is 0 Å². The van der Waals surface area contributed by atoms with Crippen molar-refractivity contribution in [3.05, 3.63) is 181 Å². The second kappa shape index (κ2) is 14.0. The summed E-state index contributed by atoms with van der Waals surface area (Å²) in [4.78, 5) is 14.3. The summed E-state index contributed by atoms with van der Waals surface area (Å²) in [5.74, 6) is 2.60. The molecule has 0 aliphatic carbocycles. The predicted molar refractivity (Wildman–Crippen MR) is 252 cm³/mol. The van der Waals surface area contributed by atoms with Crippen molar-refractivity contribution in [1.29, 1.82) is 0 Å². The van der Waals surface area contributed by atoms with E-state index in [2.05, 4.69) is 200 Å². The lowest BCUT2D eigenvalue weighted by Gasteiger charge is -2.21. The molecule has 290 valence electrons. The van der Waals surface area contributed by atoms with Gasteiger partial charge in [-0.15, -0.1) is 0 Å². The fraction of sp³-hybridized carbons (Fsp3) is 0.127. The first-order chi connectivity index (χ1) is 29.4. The fourth-order valence-corrected chi connectivity index (χ4v) is 9.68. The number of hydrogen-bond donors (Lipinski definition) is 1. The van der Waals surface area contributed by atoms with Gasteiger partial charge in [0.15, 0.2) is 0 Å². The Morgan fingerprint density at radius 1 is 0.533 bits per heavy atom. The van der Waals surface area contributed by atoms with Crippen LogP contribution >= 0.6 is 0 Å². The zero-order valence-corrected chi connectivity index (χ0v) is 34.5. The van der Waals surface area contributed by atoms with E-state index < -0.39 is 0 Å². The molecule has 5 nitrogen and oxygen atoms in total. The molecule has 11 aromatic rings. The molecule has 0 saturated carbocycles. The van der Waals surface area contributed by atoms with Gasteiger partial charge in [0.05, 0.1) is 27.6 Å². The normalized spacial score (nSPS) is 12.1. The Morgan fingerprint density at radius 3 is 2.03 bits per heavy atom. The lowest BCUT2D eigenvalue weighted by molar-refractivity contribution is 0.838. The van der Waals surface area contributed by atoms with Gasteiger partial charge in [-0.2, -0.15) is 0 Å². The van der Waals surface area contributed by atoms with Crippen LogP contribution in [0.15, 0.2) is 164 Å². The minimum absolute atomic E-state index is 0.399. The molecule has 0 bridgehead atoms. The van der Waals surface area contributed by atoms with Crippen LogP contribution in [-0.2, 0) is 0 Å². The van der Waals surface area contributed by atoms with E-state index in [4.69, 9.17) is 9.97 Å². The third-order valence-corrected chi connectivity index (χ3v) is 12.4. The maximum atomic E-state index is 5.59. The van der Waals surface area contributed by atoms with Crippen molar-refractivity contribution in [3.8, 4) is 45.1 Å². The highest BCUT2D eigenvalue weighted by molar-refractivity contribution is 6.14. The van der Waals surface area contributed by atoms with Gasteiger partial charge in [-0.05, 0) is 113 Å². The summed E-state index contributed by atoms with van der Waals surface area (Å²) in [6, 6.07) is 57.0. The maximum Gasteiger partial charge on any atom is 0.147 e. The molecule has 0 fully saturated rings. The average Bonchev–Trinajstić information content (AvgIpc) is 3.96. The van der Waals surface area contributed by atoms with Crippen molar-refractivity contribution in [1.82, 2.24) is 24.1 Å². The molecule has 0 saturated heterocycles. The second-order valence-electron chi connectivity index (χ2n) is 16.7. The molecule has 0 aliphatic rings. The topological polar surface area (TPSA) is 51.4 Å². The number of fused-ring (bicyclic) bond motifs is 7. The van der Waals surface area contributed by atoms with E-state index in [1.165, 1.54) is 54.9 Å². The number of para-hydroxylation sites is 4. The number of benzene rings is 7. The number of H-pyrrole nitrogens is 1. The molecule has 4 aromatic heterocycles. The molecule has 11 rings (SSSR count). The Labute approximate surface area is 349 Å². The molecular formula is C55H45N5. The SMILES string of the molecule is Cc1cc(-c2c(C(C)C)cccc2C(C)C)cc2c3ccc(-c4cccc5c4nc(-c4cccc6c4[nH]c4ccccc46)n5-c4ccccc4)cc3n(-c3ccccn3)c12. The van der Waals surface area contributed by atoms with Crippen LogP contribution in [0.4, 0.5) is 0 Å². The molecule has 0 atom stereocenters. The Kier molecular flexibility index (Phi) is 8.35. The lowest BCUT2D eigenvalue weighted by Crippen LogP contribution is -2.01. The van der Waals surface area contributed by atoms with Crippen LogP contribution in [0, 0.1) is 6.92 Å². The highest BCUT2D eigenvalue weighted by Crippen LogP contribution is 2.44. The average molecular weight is 776 g/mol. The van der Waals surface area contributed by atoms with Crippen LogP contribution in [0.5, 0.6) is 0 Å². The number of nitrogens with zero attached hydrogens (tertiary/aromatic N) is 4. The highest BCUT2D eigenvalue weighted by Gasteiger charge is 2.23. The molecule has 7 aromatic carbocycles. The largest absolute Gasteiger partial charge is 0.354 e. The van der Waals surface area contributed by atoms with Gasteiger partial charge in [-0.3, -0.25) is 9.13 Å². The van der Waals surface area contributed by atoms with Gasteiger partial charge in [-0.25, -0.2) is 9.97 Å². The van der Waals surface area contributed by atoms with E-state index in [9.17, 15) is 0 Å². The predicted octanol–water partition coefficient (Wildman–Crippen LogP) is 14.7. The van der Waals surface area contributed by atoms with Gasteiger partial charge in [0.1, 0.15) is 11.6 Å². The number of imidazole rings is 1. The van der Waals surface area contributed by atoms with Crippen molar-refractivity contribution in [2.45, 2.75) is 46.5 Å². The Morgan fingerprint density at radius 2 is 1.25 bits per heavy atom. The monoisotopic (exact) mass is 775 g/mol. The van der Waals surface area contributed by atoms with Gasteiger partial charge in [-0.1, -0.05) is 125 Å². The second-order valence-corrected chi connectivity index (χ2v) is 16.7. The van der Waals surface area contributed by atoms with E-state index in [1.807, 2.05) is 12.3 Å². The third-order valence-electron chi connectivity index (χ3n) is 12.4. The minimum atomic E-state index is 0.399. The number of hydrogen-bond acceptors (Lipinski definition) is 2. The third kappa shape index (κ3) is 5.53. The molecule has 0 aliphatic heterocycles. The first kappa shape index (κ1) is 35.9. The number of aromatic nitrogens is 5. The van der Waals surface area contributed by atoms with Crippen LogP contribution in [-0.4, -0.2) is 24.1 Å². The minimum Gasteiger partial charge on any atom is -0.354 e. The van der Waals surface area contributed by atoms with E-state index in [0.29, 0.717) is 11.8 Å². The standard InChI is InChI=1S/C55H45N5/c1-33(2)39-19-13-20-40(34(3)4)51(39)37-30-35(5)54-46(31-37)43-28-27-36(32-49(43)60(54)50-26-11-12-29-56-50)41-21-15-25-48-53(41)58-55(59(48)38-16-7-6-8-17-38)45-23-14-22-44-42-18-9-10-24-47(42)57-52(44)45/h6-34,57H,1-5H3. The van der Waals surface area contributed by atoms with E-state index in [1.54, 1.807) is 0 Å². The summed E-state index contributed by atoms with van der Waals surface area (Å²) in [7, 11) is 0. The number of aryl methyl sites for hydroxylation is 1. The first-order valence-electron chi connectivity index (χ1n) is 21.1. The van der Waals surface area contributed by atoms with Crippen molar-refractivity contribution >= 4 is 54.6 Å². The van der Waals surface area contributed by atoms with Gasteiger partial charge >= 0.3 is 0 Å². The summed E-state index contributed by atoms with van der Waals surface area (Å²) in [6.07, 6.45) is 1.89. The number of nitrogens with one attached hydrogen (secondary N) is 1. The molecule has 5 heteroatoms. The van der Waals surface area contributed by atoms with Crippen LogP contribution in [0.25, 0.3) is 99.8 Å². The van der Waals surface area contributed by atoms with Crippen LogP contribution < -0.4 is 0 Å². The van der Waals surface area contributed by atoms with Gasteiger partial charge in [0, 0.05) is 50.1 Å². The zero-order chi connectivity index (χ0) is 40.6. The Bertz CT molecular complexity index is 3410.